The van der Waals surface area contributed by atoms with E-state index in [1.165, 1.54) is 0 Å². The van der Waals surface area contributed by atoms with Crippen LogP contribution in [-0.2, 0) is 4.79 Å². The summed E-state index contributed by atoms with van der Waals surface area (Å²) in [5, 5.41) is 0. The first kappa shape index (κ1) is 20.4. The SMILES string of the molecule is CC(=O)c1ccc(N2CCN(C(C)C(=O)N(C(C)C)C(C)C)CC2)cc1. The van der Waals surface area contributed by atoms with Crippen molar-refractivity contribution < 1.29 is 9.59 Å². The van der Waals surface area contributed by atoms with Crippen LogP contribution in [0.3, 0.4) is 0 Å². The van der Waals surface area contributed by atoms with Crippen LogP contribution in [0.4, 0.5) is 5.69 Å². The number of Topliss-reactive ketones (excluding diaryl/α,β-unsaturated/α-hetero) is 1. The van der Waals surface area contributed by atoms with Crippen molar-refractivity contribution in [1.29, 1.82) is 0 Å². The zero-order chi connectivity index (χ0) is 19.4. The van der Waals surface area contributed by atoms with Crippen LogP contribution in [0.5, 0.6) is 0 Å². The van der Waals surface area contributed by atoms with E-state index >= 15 is 0 Å². The molecule has 1 amide bonds. The van der Waals surface area contributed by atoms with E-state index in [4.69, 9.17) is 0 Å². The third-order valence-corrected chi connectivity index (χ3v) is 5.23. The minimum Gasteiger partial charge on any atom is -0.369 e. The van der Waals surface area contributed by atoms with Crippen molar-refractivity contribution in [2.75, 3.05) is 31.1 Å². The first-order valence-electron chi connectivity index (χ1n) is 9.64. The molecule has 1 saturated heterocycles. The molecule has 0 spiro atoms. The average Bonchev–Trinajstić information content (AvgIpc) is 2.60. The molecule has 0 aliphatic carbocycles. The number of carbonyl (C=O) groups is 2. The zero-order valence-corrected chi connectivity index (χ0v) is 17.0. The lowest BCUT2D eigenvalue weighted by Gasteiger charge is -2.41. The Balaban J connectivity index is 1.96. The molecular weight excluding hydrogens is 326 g/mol. The standard InChI is InChI=1S/C21H33N3O2/c1-15(2)24(16(3)4)21(26)17(5)22-11-13-23(14-12-22)20-9-7-19(8-10-20)18(6)25/h7-10,15-17H,11-14H2,1-6H3. The number of rotatable bonds is 6. The number of anilines is 1. The Morgan fingerprint density at radius 3 is 1.81 bits per heavy atom. The van der Waals surface area contributed by atoms with Crippen molar-refractivity contribution in [3.63, 3.8) is 0 Å². The molecule has 1 atom stereocenters. The molecule has 144 valence electrons. The first-order valence-corrected chi connectivity index (χ1v) is 9.64. The van der Waals surface area contributed by atoms with Gasteiger partial charge < -0.3 is 9.80 Å². The van der Waals surface area contributed by atoms with Crippen LogP contribution in [0.15, 0.2) is 24.3 Å². The summed E-state index contributed by atoms with van der Waals surface area (Å²) < 4.78 is 0. The molecule has 1 aliphatic rings. The van der Waals surface area contributed by atoms with Crippen LogP contribution in [0.25, 0.3) is 0 Å². The quantitative estimate of drug-likeness (QED) is 0.732. The summed E-state index contributed by atoms with van der Waals surface area (Å²) in [6.45, 7) is 15.4. The Hall–Kier alpha value is -1.88. The van der Waals surface area contributed by atoms with Gasteiger partial charge in [-0.3, -0.25) is 14.5 Å². The highest BCUT2D eigenvalue weighted by Gasteiger charge is 2.31. The molecule has 1 fully saturated rings. The van der Waals surface area contributed by atoms with Gasteiger partial charge in [-0.05, 0) is 65.8 Å². The number of carbonyl (C=O) groups excluding carboxylic acids is 2. The highest BCUT2D eigenvalue weighted by molar-refractivity contribution is 5.94. The lowest BCUT2D eigenvalue weighted by Crippen LogP contribution is -2.56. The number of nitrogens with zero attached hydrogens (tertiary/aromatic N) is 3. The van der Waals surface area contributed by atoms with Gasteiger partial charge in [-0.15, -0.1) is 0 Å². The molecule has 1 aromatic carbocycles. The monoisotopic (exact) mass is 359 g/mol. The van der Waals surface area contributed by atoms with Gasteiger partial charge in [0, 0.05) is 49.5 Å². The van der Waals surface area contributed by atoms with Gasteiger partial charge in [-0.25, -0.2) is 0 Å². The minimum absolute atomic E-state index is 0.0913. The molecule has 0 radical (unpaired) electrons. The van der Waals surface area contributed by atoms with Gasteiger partial charge in [0.05, 0.1) is 6.04 Å². The predicted molar refractivity (Wildman–Crippen MR) is 107 cm³/mol. The van der Waals surface area contributed by atoms with E-state index in [1.807, 2.05) is 36.1 Å². The summed E-state index contributed by atoms with van der Waals surface area (Å²) in [6.07, 6.45) is 0. The molecular formula is C21H33N3O2. The van der Waals surface area contributed by atoms with Crippen molar-refractivity contribution in [3.05, 3.63) is 29.8 Å². The molecule has 2 rings (SSSR count). The lowest BCUT2D eigenvalue weighted by molar-refractivity contribution is -0.140. The van der Waals surface area contributed by atoms with Crippen molar-refractivity contribution in [3.8, 4) is 0 Å². The normalized spacial score (nSPS) is 16.8. The van der Waals surface area contributed by atoms with Gasteiger partial charge in [0.15, 0.2) is 5.78 Å². The van der Waals surface area contributed by atoms with Gasteiger partial charge in [-0.2, -0.15) is 0 Å². The molecule has 5 nitrogen and oxygen atoms in total. The Bertz CT molecular complexity index is 609. The molecule has 26 heavy (non-hydrogen) atoms. The van der Waals surface area contributed by atoms with Crippen LogP contribution in [-0.4, -0.2) is 65.8 Å². The smallest absolute Gasteiger partial charge is 0.240 e. The van der Waals surface area contributed by atoms with Crippen LogP contribution < -0.4 is 4.90 Å². The number of hydrogen-bond donors (Lipinski definition) is 0. The number of piperazine rings is 1. The predicted octanol–water partition coefficient (Wildman–Crippen LogP) is 3.05. The summed E-state index contributed by atoms with van der Waals surface area (Å²) in [5.41, 5.74) is 1.88. The molecule has 0 N–H and O–H groups in total. The number of amides is 1. The Kier molecular flexibility index (Phi) is 6.81. The fraction of sp³-hybridized carbons (Fsp3) is 0.619. The molecule has 5 heteroatoms. The minimum atomic E-state index is -0.0953. The van der Waals surface area contributed by atoms with Gasteiger partial charge in [-0.1, -0.05) is 0 Å². The van der Waals surface area contributed by atoms with Crippen molar-refractivity contribution in [1.82, 2.24) is 9.80 Å². The van der Waals surface area contributed by atoms with Gasteiger partial charge in [0.2, 0.25) is 5.91 Å². The van der Waals surface area contributed by atoms with E-state index in [0.29, 0.717) is 0 Å². The van der Waals surface area contributed by atoms with Crippen LogP contribution >= 0.6 is 0 Å². The van der Waals surface area contributed by atoms with Gasteiger partial charge in [0.25, 0.3) is 0 Å². The maximum atomic E-state index is 12.9. The number of ketones is 1. The number of benzene rings is 1. The second-order valence-corrected chi connectivity index (χ2v) is 7.74. The molecule has 0 aromatic heterocycles. The maximum Gasteiger partial charge on any atom is 0.240 e. The Labute approximate surface area is 158 Å². The van der Waals surface area contributed by atoms with E-state index in [2.05, 4.69) is 37.5 Å². The van der Waals surface area contributed by atoms with E-state index in [9.17, 15) is 9.59 Å². The fourth-order valence-corrected chi connectivity index (χ4v) is 3.75. The van der Waals surface area contributed by atoms with E-state index in [1.54, 1.807) is 6.92 Å². The largest absolute Gasteiger partial charge is 0.369 e. The average molecular weight is 360 g/mol. The Morgan fingerprint density at radius 2 is 1.38 bits per heavy atom. The number of hydrogen-bond acceptors (Lipinski definition) is 4. The molecule has 1 aliphatic heterocycles. The summed E-state index contributed by atoms with van der Waals surface area (Å²) >= 11 is 0. The van der Waals surface area contributed by atoms with Crippen LogP contribution in [0.1, 0.15) is 51.9 Å². The van der Waals surface area contributed by atoms with E-state index in [-0.39, 0.29) is 29.8 Å². The third-order valence-electron chi connectivity index (χ3n) is 5.23. The summed E-state index contributed by atoms with van der Waals surface area (Å²) in [5.74, 6) is 0.308. The van der Waals surface area contributed by atoms with Gasteiger partial charge in [0.1, 0.15) is 0 Å². The third kappa shape index (κ3) is 4.64. The molecule has 1 unspecified atom stereocenters. The molecule has 0 bridgehead atoms. The second kappa shape index (κ2) is 8.67. The lowest BCUT2D eigenvalue weighted by atomic mass is 10.1. The van der Waals surface area contributed by atoms with Crippen molar-refractivity contribution in [2.45, 2.75) is 59.7 Å². The van der Waals surface area contributed by atoms with E-state index in [0.717, 1.165) is 37.4 Å². The molecule has 0 saturated carbocycles. The topological polar surface area (TPSA) is 43.9 Å². The summed E-state index contributed by atoms with van der Waals surface area (Å²) in [4.78, 5) is 30.9. The summed E-state index contributed by atoms with van der Waals surface area (Å²) in [7, 11) is 0. The molecule has 1 aromatic rings. The summed E-state index contributed by atoms with van der Waals surface area (Å²) in [6, 6.07) is 8.14. The highest BCUT2D eigenvalue weighted by atomic mass is 16.2. The zero-order valence-electron chi connectivity index (χ0n) is 17.0. The van der Waals surface area contributed by atoms with Crippen molar-refractivity contribution >= 4 is 17.4 Å². The second-order valence-electron chi connectivity index (χ2n) is 7.74. The Morgan fingerprint density at radius 1 is 0.885 bits per heavy atom. The van der Waals surface area contributed by atoms with Gasteiger partial charge >= 0.3 is 0 Å². The van der Waals surface area contributed by atoms with Crippen LogP contribution in [0.2, 0.25) is 0 Å². The maximum absolute atomic E-state index is 12.9. The first-order chi connectivity index (χ1) is 12.2. The highest BCUT2D eigenvalue weighted by Crippen LogP contribution is 2.19. The molecule has 1 heterocycles. The van der Waals surface area contributed by atoms with E-state index < -0.39 is 0 Å². The van der Waals surface area contributed by atoms with Crippen LogP contribution in [0, 0.1) is 0 Å². The fourth-order valence-electron chi connectivity index (χ4n) is 3.75. The van der Waals surface area contributed by atoms with Crippen molar-refractivity contribution in [2.24, 2.45) is 0 Å².